The van der Waals surface area contributed by atoms with Crippen molar-refractivity contribution in [3.05, 3.63) is 48.6 Å². The van der Waals surface area contributed by atoms with Crippen molar-refractivity contribution >= 4 is 11.9 Å². The highest BCUT2D eigenvalue weighted by molar-refractivity contribution is 5.88. The molecule has 0 aliphatic heterocycles. The van der Waals surface area contributed by atoms with Gasteiger partial charge in [0.05, 0.1) is 13.2 Å². The van der Waals surface area contributed by atoms with E-state index in [-0.39, 0.29) is 6.61 Å². The lowest BCUT2D eigenvalue weighted by atomic mass is 10.3. The van der Waals surface area contributed by atoms with E-state index in [9.17, 15) is 9.59 Å². The van der Waals surface area contributed by atoms with Gasteiger partial charge in [-0.2, -0.15) is 0 Å². The Balaban J connectivity index is 2.30. The highest BCUT2D eigenvalue weighted by atomic mass is 16.5. The van der Waals surface area contributed by atoms with Crippen LogP contribution in [0.25, 0.3) is 0 Å². The van der Waals surface area contributed by atoms with Crippen LogP contribution in [0.2, 0.25) is 0 Å². The second-order valence-electron chi connectivity index (χ2n) is 4.76. The monoisotopic (exact) mass is 304 g/mol. The van der Waals surface area contributed by atoms with Crippen molar-refractivity contribution in [2.24, 2.45) is 0 Å². The Labute approximate surface area is 130 Å². The summed E-state index contributed by atoms with van der Waals surface area (Å²) in [6.45, 7) is 10.9. The molecule has 1 aromatic rings. The number of hydrogen-bond acceptors (Lipinski definition) is 5. The Morgan fingerprint density at radius 2 is 1.45 bits per heavy atom. The fraction of sp³-hybridized carbons (Fsp3) is 0.294. The molecule has 0 heterocycles. The van der Waals surface area contributed by atoms with Crippen molar-refractivity contribution in [3.63, 3.8) is 0 Å². The lowest BCUT2D eigenvalue weighted by Gasteiger charge is -2.08. The van der Waals surface area contributed by atoms with E-state index in [0.29, 0.717) is 35.7 Å². The summed E-state index contributed by atoms with van der Waals surface area (Å²) in [6, 6.07) is 6.66. The Morgan fingerprint density at radius 3 is 2.00 bits per heavy atom. The minimum Gasteiger partial charge on any atom is -0.493 e. The van der Waals surface area contributed by atoms with Gasteiger partial charge in [0.15, 0.2) is 0 Å². The van der Waals surface area contributed by atoms with Crippen LogP contribution in [0, 0.1) is 0 Å². The van der Waals surface area contributed by atoms with Gasteiger partial charge < -0.3 is 14.2 Å². The maximum Gasteiger partial charge on any atom is 0.338 e. The Bertz CT molecular complexity index is 557. The first-order valence-corrected chi connectivity index (χ1v) is 6.83. The van der Waals surface area contributed by atoms with E-state index < -0.39 is 11.9 Å². The molecule has 1 aromatic carbocycles. The van der Waals surface area contributed by atoms with Gasteiger partial charge in [-0.1, -0.05) is 13.2 Å². The second kappa shape index (κ2) is 8.67. The van der Waals surface area contributed by atoms with Crippen molar-refractivity contribution in [2.75, 3.05) is 13.2 Å². The summed E-state index contributed by atoms with van der Waals surface area (Å²) < 4.78 is 15.5. The third-order valence-corrected chi connectivity index (χ3v) is 2.52. The molecule has 0 N–H and O–H groups in total. The summed E-state index contributed by atoms with van der Waals surface area (Å²) in [5.41, 5.74) is 0.713. The van der Waals surface area contributed by atoms with Crippen LogP contribution in [0.4, 0.5) is 0 Å². The molecule has 0 saturated carbocycles. The van der Waals surface area contributed by atoms with E-state index >= 15 is 0 Å². The molecule has 5 heteroatoms. The third-order valence-electron chi connectivity index (χ3n) is 2.52. The largest absolute Gasteiger partial charge is 0.493 e. The second-order valence-corrected chi connectivity index (χ2v) is 4.76. The van der Waals surface area contributed by atoms with Crippen LogP contribution in [-0.2, 0) is 14.3 Å². The molecule has 0 aliphatic carbocycles. The molecule has 0 radical (unpaired) electrons. The molecular formula is C17H20O5. The molecule has 0 amide bonds. The van der Waals surface area contributed by atoms with E-state index in [1.165, 1.54) is 0 Å². The summed E-state index contributed by atoms with van der Waals surface area (Å²) >= 11 is 0. The SMILES string of the molecule is C=C(C)C(=O)OCCCOc1ccc(OC(=O)C(=C)C)cc1. The third kappa shape index (κ3) is 6.26. The van der Waals surface area contributed by atoms with Gasteiger partial charge in [-0.25, -0.2) is 9.59 Å². The lowest BCUT2D eigenvalue weighted by molar-refractivity contribution is -0.139. The van der Waals surface area contributed by atoms with Crippen molar-refractivity contribution < 1.29 is 23.8 Å². The molecule has 0 atom stereocenters. The molecule has 0 fully saturated rings. The molecule has 0 bridgehead atoms. The summed E-state index contributed by atoms with van der Waals surface area (Å²) in [4.78, 5) is 22.5. The minimum absolute atomic E-state index is 0.278. The Hall–Kier alpha value is -2.56. The predicted molar refractivity (Wildman–Crippen MR) is 82.8 cm³/mol. The van der Waals surface area contributed by atoms with Crippen LogP contribution in [0.15, 0.2) is 48.6 Å². The topological polar surface area (TPSA) is 61.8 Å². The maximum absolute atomic E-state index is 11.3. The number of carbonyl (C=O) groups excluding carboxylic acids is 2. The fourth-order valence-electron chi connectivity index (χ4n) is 1.34. The quantitative estimate of drug-likeness (QED) is 0.320. The number of hydrogen-bond donors (Lipinski definition) is 0. The van der Waals surface area contributed by atoms with Crippen LogP contribution in [-0.4, -0.2) is 25.2 Å². The first kappa shape index (κ1) is 17.5. The zero-order valence-corrected chi connectivity index (χ0v) is 12.9. The van der Waals surface area contributed by atoms with E-state index in [1.54, 1.807) is 38.1 Å². The van der Waals surface area contributed by atoms with Gasteiger partial charge in [0.25, 0.3) is 0 Å². The number of ether oxygens (including phenoxy) is 3. The van der Waals surface area contributed by atoms with Crippen LogP contribution in [0.1, 0.15) is 20.3 Å². The number of carbonyl (C=O) groups is 2. The molecule has 0 aliphatic rings. The van der Waals surface area contributed by atoms with Gasteiger partial charge in [0, 0.05) is 17.6 Å². The molecule has 1 rings (SSSR count). The molecule has 118 valence electrons. The van der Waals surface area contributed by atoms with E-state index in [1.807, 2.05) is 0 Å². The summed E-state index contributed by atoms with van der Waals surface area (Å²) in [5, 5.41) is 0. The molecular weight excluding hydrogens is 284 g/mol. The first-order valence-electron chi connectivity index (χ1n) is 6.83. The van der Waals surface area contributed by atoms with E-state index in [0.717, 1.165) is 0 Å². The first-order chi connectivity index (χ1) is 10.4. The van der Waals surface area contributed by atoms with Crippen molar-refractivity contribution in [1.82, 2.24) is 0 Å². The molecule has 0 saturated heterocycles. The Morgan fingerprint density at radius 1 is 0.909 bits per heavy atom. The normalized spacial score (nSPS) is 9.73. The molecule has 0 aromatic heterocycles. The van der Waals surface area contributed by atoms with E-state index in [2.05, 4.69) is 13.2 Å². The highest BCUT2D eigenvalue weighted by Gasteiger charge is 2.05. The van der Waals surface area contributed by atoms with Crippen molar-refractivity contribution in [2.45, 2.75) is 20.3 Å². The number of esters is 2. The van der Waals surface area contributed by atoms with Crippen LogP contribution in [0.3, 0.4) is 0 Å². The van der Waals surface area contributed by atoms with E-state index in [4.69, 9.17) is 14.2 Å². The molecule has 0 spiro atoms. The number of benzene rings is 1. The lowest BCUT2D eigenvalue weighted by Crippen LogP contribution is -2.09. The summed E-state index contributed by atoms with van der Waals surface area (Å²) in [6.07, 6.45) is 0.575. The standard InChI is InChI=1S/C17H20O5/c1-12(2)16(18)21-11-5-10-20-14-6-8-15(9-7-14)22-17(19)13(3)4/h6-9H,1,3,5,10-11H2,2,4H3. The number of rotatable bonds is 8. The summed E-state index contributed by atoms with van der Waals surface area (Å²) in [7, 11) is 0. The minimum atomic E-state index is -0.465. The fourth-order valence-corrected chi connectivity index (χ4v) is 1.34. The van der Waals surface area contributed by atoms with Crippen molar-refractivity contribution in [1.29, 1.82) is 0 Å². The zero-order valence-electron chi connectivity index (χ0n) is 12.9. The van der Waals surface area contributed by atoms with Crippen LogP contribution in [0.5, 0.6) is 11.5 Å². The average molecular weight is 304 g/mol. The van der Waals surface area contributed by atoms with Gasteiger partial charge in [0.1, 0.15) is 11.5 Å². The van der Waals surface area contributed by atoms with Crippen LogP contribution >= 0.6 is 0 Å². The molecule has 22 heavy (non-hydrogen) atoms. The highest BCUT2D eigenvalue weighted by Crippen LogP contribution is 2.18. The smallest absolute Gasteiger partial charge is 0.338 e. The van der Waals surface area contributed by atoms with Gasteiger partial charge in [-0.05, 0) is 38.1 Å². The Kier molecular flexibility index (Phi) is 6.89. The van der Waals surface area contributed by atoms with Crippen LogP contribution < -0.4 is 9.47 Å². The van der Waals surface area contributed by atoms with Gasteiger partial charge in [-0.15, -0.1) is 0 Å². The maximum atomic E-state index is 11.3. The van der Waals surface area contributed by atoms with Gasteiger partial charge in [0.2, 0.25) is 0 Å². The zero-order chi connectivity index (χ0) is 16.5. The summed E-state index contributed by atoms with van der Waals surface area (Å²) in [5.74, 6) is 0.203. The predicted octanol–water partition coefficient (Wildman–Crippen LogP) is 3.06. The van der Waals surface area contributed by atoms with Crippen molar-refractivity contribution in [3.8, 4) is 11.5 Å². The molecule has 5 nitrogen and oxygen atoms in total. The molecule has 0 unspecified atom stereocenters. The van der Waals surface area contributed by atoms with Gasteiger partial charge in [-0.3, -0.25) is 0 Å². The average Bonchev–Trinajstić information content (AvgIpc) is 2.48. The van der Waals surface area contributed by atoms with Gasteiger partial charge >= 0.3 is 11.9 Å².